The maximum absolute atomic E-state index is 9.32. The van der Waals surface area contributed by atoms with E-state index in [2.05, 4.69) is 18.3 Å². The lowest BCUT2D eigenvalue weighted by Crippen LogP contribution is -2.29. The van der Waals surface area contributed by atoms with E-state index in [4.69, 9.17) is 4.42 Å². The molecule has 2 N–H and O–H groups in total. The molecular formula is C15H25NO2. The summed E-state index contributed by atoms with van der Waals surface area (Å²) in [5.74, 6) is 3.12. The number of aryl methyl sites for hydroxylation is 2. The highest BCUT2D eigenvalue weighted by Gasteiger charge is 2.26. The van der Waals surface area contributed by atoms with E-state index >= 15 is 0 Å². The van der Waals surface area contributed by atoms with Crippen molar-refractivity contribution in [2.45, 2.75) is 46.1 Å². The molecule has 3 heteroatoms. The molecule has 1 saturated carbocycles. The SMILES string of the molecule is Cc1cc(C(C)NCC2CCCC2CO)c(C)o1. The summed E-state index contributed by atoms with van der Waals surface area (Å²) >= 11 is 0. The lowest BCUT2D eigenvalue weighted by atomic mass is 9.96. The largest absolute Gasteiger partial charge is 0.466 e. The first kappa shape index (κ1) is 13.6. The van der Waals surface area contributed by atoms with E-state index in [9.17, 15) is 5.11 Å². The van der Waals surface area contributed by atoms with Crippen LogP contribution in [0.3, 0.4) is 0 Å². The van der Waals surface area contributed by atoms with Gasteiger partial charge in [0, 0.05) is 18.2 Å². The van der Waals surface area contributed by atoms with Gasteiger partial charge in [-0.2, -0.15) is 0 Å². The van der Waals surface area contributed by atoms with Crippen molar-refractivity contribution >= 4 is 0 Å². The normalized spacial score (nSPS) is 25.6. The van der Waals surface area contributed by atoms with E-state index in [1.807, 2.05) is 13.8 Å². The summed E-state index contributed by atoms with van der Waals surface area (Å²) < 4.78 is 5.57. The number of aliphatic hydroxyl groups is 1. The molecule has 1 fully saturated rings. The van der Waals surface area contributed by atoms with Crippen LogP contribution in [-0.4, -0.2) is 18.3 Å². The fraction of sp³-hybridized carbons (Fsp3) is 0.733. The Bertz CT molecular complexity index is 386. The van der Waals surface area contributed by atoms with Crippen molar-refractivity contribution in [3.8, 4) is 0 Å². The van der Waals surface area contributed by atoms with E-state index in [1.54, 1.807) is 0 Å². The molecule has 18 heavy (non-hydrogen) atoms. The fourth-order valence-electron chi connectivity index (χ4n) is 3.14. The van der Waals surface area contributed by atoms with Crippen molar-refractivity contribution in [2.24, 2.45) is 11.8 Å². The Balaban J connectivity index is 1.88. The highest BCUT2D eigenvalue weighted by Crippen LogP contribution is 2.31. The average Bonchev–Trinajstić information content (AvgIpc) is 2.92. The molecule has 3 nitrogen and oxygen atoms in total. The van der Waals surface area contributed by atoms with Crippen molar-refractivity contribution in [2.75, 3.05) is 13.2 Å². The van der Waals surface area contributed by atoms with Gasteiger partial charge < -0.3 is 14.8 Å². The lowest BCUT2D eigenvalue weighted by Gasteiger charge is -2.21. The molecule has 3 unspecified atom stereocenters. The number of nitrogens with one attached hydrogen (secondary N) is 1. The van der Waals surface area contributed by atoms with Gasteiger partial charge in [0.25, 0.3) is 0 Å². The lowest BCUT2D eigenvalue weighted by molar-refractivity contribution is 0.190. The molecule has 1 aromatic rings. The van der Waals surface area contributed by atoms with Gasteiger partial charge in [0.2, 0.25) is 0 Å². The first-order valence-electron chi connectivity index (χ1n) is 7.03. The summed E-state index contributed by atoms with van der Waals surface area (Å²) in [6.07, 6.45) is 3.69. The van der Waals surface area contributed by atoms with E-state index in [0.717, 1.165) is 18.1 Å². The number of hydrogen-bond acceptors (Lipinski definition) is 3. The van der Waals surface area contributed by atoms with Gasteiger partial charge in [-0.1, -0.05) is 6.42 Å². The molecule has 0 saturated heterocycles. The molecule has 1 aliphatic carbocycles. The number of furan rings is 1. The Kier molecular flexibility index (Phi) is 4.46. The maximum atomic E-state index is 9.32. The molecule has 1 aliphatic rings. The van der Waals surface area contributed by atoms with Crippen molar-refractivity contribution in [1.29, 1.82) is 0 Å². The summed E-state index contributed by atoms with van der Waals surface area (Å²) in [6.45, 7) is 7.52. The van der Waals surface area contributed by atoms with Crippen molar-refractivity contribution in [3.63, 3.8) is 0 Å². The zero-order valence-corrected chi connectivity index (χ0v) is 11.7. The fourth-order valence-corrected chi connectivity index (χ4v) is 3.14. The Morgan fingerprint density at radius 1 is 1.39 bits per heavy atom. The summed E-state index contributed by atoms with van der Waals surface area (Å²) in [4.78, 5) is 0. The molecular weight excluding hydrogens is 226 g/mol. The number of rotatable bonds is 5. The third-order valence-electron chi connectivity index (χ3n) is 4.28. The van der Waals surface area contributed by atoms with Crippen molar-refractivity contribution in [1.82, 2.24) is 5.32 Å². The number of hydrogen-bond donors (Lipinski definition) is 2. The summed E-state index contributed by atoms with van der Waals surface area (Å²) in [5.41, 5.74) is 1.26. The van der Waals surface area contributed by atoms with Crippen LogP contribution in [-0.2, 0) is 0 Å². The minimum atomic E-state index is 0.322. The molecule has 0 spiro atoms. The van der Waals surface area contributed by atoms with Gasteiger partial charge in [-0.25, -0.2) is 0 Å². The Morgan fingerprint density at radius 2 is 2.11 bits per heavy atom. The molecule has 0 radical (unpaired) electrons. The Labute approximate surface area is 110 Å². The van der Waals surface area contributed by atoms with Crippen LogP contribution in [0.5, 0.6) is 0 Å². The van der Waals surface area contributed by atoms with Gasteiger partial charge in [-0.15, -0.1) is 0 Å². The van der Waals surface area contributed by atoms with Gasteiger partial charge in [-0.3, -0.25) is 0 Å². The van der Waals surface area contributed by atoms with E-state index in [-0.39, 0.29) is 0 Å². The third kappa shape index (κ3) is 2.96. The first-order valence-corrected chi connectivity index (χ1v) is 7.03. The molecule has 3 atom stereocenters. The van der Waals surface area contributed by atoms with Crippen LogP contribution in [0, 0.1) is 25.7 Å². The quantitative estimate of drug-likeness (QED) is 0.845. The molecule has 0 aliphatic heterocycles. The summed E-state index contributed by atoms with van der Waals surface area (Å²) in [7, 11) is 0. The van der Waals surface area contributed by atoms with Crippen LogP contribution < -0.4 is 5.32 Å². The molecule has 1 aromatic heterocycles. The van der Waals surface area contributed by atoms with Gasteiger partial charge in [-0.05, 0) is 58.1 Å². The number of aliphatic hydroxyl groups excluding tert-OH is 1. The van der Waals surface area contributed by atoms with Crippen LogP contribution in [0.25, 0.3) is 0 Å². The highest BCUT2D eigenvalue weighted by atomic mass is 16.3. The molecule has 2 rings (SSSR count). The van der Waals surface area contributed by atoms with Gasteiger partial charge in [0.15, 0.2) is 0 Å². The molecule has 0 aromatic carbocycles. The van der Waals surface area contributed by atoms with Crippen LogP contribution in [0.2, 0.25) is 0 Å². The van der Waals surface area contributed by atoms with Gasteiger partial charge in [0.1, 0.15) is 11.5 Å². The van der Waals surface area contributed by atoms with E-state index in [1.165, 1.54) is 24.8 Å². The average molecular weight is 251 g/mol. The second-order valence-corrected chi connectivity index (χ2v) is 5.63. The molecule has 0 amide bonds. The molecule has 0 bridgehead atoms. The standard InChI is InChI=1S/C15H25NO2/c1-10-7-15(12(3)18-10)11(2)16-8-13-5-4-6-14(13)9-17/h7,11,13-14,16-17H,4-6,8-9H2,1-3H3. The van der Waals surface area contributed by atoms with Crippen molar-refractivity contribution in [3.05, 3.63) is 23.2 Å². The molecule has 1 heterocycles. The molecule has 102 valence electrons. The first-order chi connectivity index (χ1) is 8.61. The monoisotopic (exact) mass is 251 g/mol. The minimum Gasteiger partial charge on any atom is -0.466 e. The second kappa shape index (κ2) is 5.89. The summed E-state index contributed by atoms with van der Waals surface area (Å²) in [6, 6.07) is 2.44. The maximum Gasteiger partial charge on any atom is 0.105 e. The van der Waals surface area contributed by atoms with Gasteiger partial charge >= 0.3 is 0 Å². The Morgan fingerprint density at radius 3 is 2.72 bits per heavy atom. The van der Waals surface area contributed by atoms with Crippen LogP contribution in [0.1, 0.15) is 49.3 Å². The second-order valence-electron chi connectivity index (χ2n) is 5.63. The minimum absolute atomic E-state index is 0.322. The van der Waals surface area contributed by atoms with Crippen LogP contribution in [0.4, 0.5) is 0 Å². The predicted molar refractivity (Wildman–Crippen MR) is 72.5 cm³/mol. The van der Waals surface area contributed by atoms with Crippen molar-refractivity contribution < 1.29 is 9.52 Å². The van der Waals surface area contributed by atoms with E-state index in [0.29, 0.717) is 24.5 Å². The van der Waals surface area contributed by atoms with Gasteiger partial charge in [0.05, 0.1) is 0 Å². The van der Waals surface area contributed by atoms with Crippen LogP contribution in [0.15, 0.2) is 10.5 Å². The smallest absolute Gasteiger partial charge is 0.105 e. The highest BCUT2D eigenvalue weighted by molar-refractivity contribution is 5.23. The Hall–Kier alpha value is -0.800. The van der Waals surface area contributed by atoms with E-state index < -0.39 is 0 Å². The topological polar surface area (TPSA) is 45.4 Å². The third-order valence-corrected chi connectivity index (χ3v) is 4.28. The van der Waals surface area contributed by atoms with Crippen LogP contribution >= 0.6 is 0 Å². The summed E-state index contributed by atoms with van der Waals surface area (Å²) in [5, 5.41) is 12.9. The zero-order chi connectivity index (χ0) is 13.1. The zero-order valence-electron chi connectivity index (χ0n) is 11.7. The predicted octanol–water partition coefficient (Wildman–Crippen LogP) is 2.96.